The van der Waals surface area contributed by atoms with E-state index in [0.717, 1.165) is 24.3 Å². The van der Waals surface area contributed by atoms with Crippen LogP contribution in [0.5, 0.6) is 0 Å². The van der Waals surface area contributed by atoms with E-state index in [1.165, 1.54) is 11.3 Å². The van der Waals surface area contributed by atoms with Crippen LogP contribution < -0.4 is 5.32 Å². The topological polar surface area (TPSA) is 24.9 Å². The minimum Gasteiger partial charge on any atom is -0.309 e. The molecule has 0 amide bonds. The summed E-state index contributed by atoms with van der Waals surface area (Å²) in [5.74, 6) is 2.05. The lowest BCUT2D eigenvalue weighted by molar-refractivity contribution is -0.141. The first-order valence-corrected chi connectivity index (χ1v) is 9.90. The summed E-state index contributed by atoms with van der Waals surface area (Å²) in [4.78, 5) is 4.31. The Morgan fingerprint density at radius 2 is 1.95 bits per heavy atom. The average molecular weight is 354 g/mol. The van der Waals surface area contributed by atoms with Gasteiger partial charge in [-0.1, -0.05) is 6.92 Å². The van der Waals surface area contributed by atoms with Crippen molar-refractivity contribution >= 4 is 34.9 Å². The number of thiazole rings is 1. The molecule has 2 fully saturated rings. The third-order valence-electron chi connectivity index (χ3n) is 3.54. The summed E-state index contributed by atoms with van der Waals surface area (Å²) in [7, 11) is 0. The standard InChI is InChI=1S/C13H17F3N2S3/c1-7-10(20-5-4-19-7)12-18-11(13(14,15)16)9(21-12)6-17-8-2-3-8/h7-8,10,17H,2-6H2,1H3. The molecule has 0 spiro atoms. The lowest BCUT2D eigenvalue weighted by atomic mass is 10.3. The van der Waals surface area contributed by atoms with Crippen LogP contribution in [-0.2, 0) is 12.7 Å². The van der Waals surface area contributed by atoms with Gasteiger partial charge in [-0.05, 0) is 12.8 Å². The minimum atomic E-state index is -4.36. The molecule has 2 unspecified atom stereocenters. The second-order valence-electron chi connectivity index (χ2n) is 5.34. The second-order valence-corrected chi connectivity index (χ2v) is 9.19. The zero-order valence-electron chi connectivity index (χ0n) is 11.6. The maximum Gasteiger partial charge on any atom is 0.434 e. The summed E-state index contributed by atoms with van der Waals surface area (Å²) in [6, 6.07) is 0.398. The van der Waals surface area contributed by atoms with Gasteiger partial charge in [0.15, 0.2) is 5.69 Å². The van der Waals surface area contributed by atoms with E-state index in [1.54, 1.807) is 11.8 Å². The molecule has 1 aromatic heterocycles. The van der Waals surface area contributed by atoms with Crippen molar-refractivity contribution in [2.45, 2.75) is 49.0 Å². The van der Waals surface area contributed by atoms with Gasteiger partial charge in [-0.25, -0.2) is 4.98 Å². The number of halogens is 3. The maximum absolute atomic E-state index is 13.2. The summed E-state index contributed by atoms with van der Waals surface area (Å²) >= 11 is 4.79. The third-order valence-corrected chi connectivity index (χ3v) is 7.93. The minimum absolute atomic E-state index is 0.0875. The lowest BCUT2D eigenvalue weighted by Gasteiger charge is -2.25. The number of nitrogens with zero attached hydrogens (tertiary/aromatic N) is 1. The molecule has 2 atom stereocenters. The fourth-order valence-corrected chi connectivity index (χ4v) is 6.46. The van der Waals surface area contributed by atoms with Gasteiger partial charge >= 0.3 is 6.18 Å². The Balaban J connectivity index is 1.83. The molecule has 1 saturated heterocycles. The molecule has 2 aliphatic rings. The molecule has 21 heavy (non-hydrogen) atoms. The fourth-order valence-electron chi connectivity index (χ4n) is 2.26. The Labute approximate surface area is 134 Å². The first-order chi connectivity index (χ1) is 9.95. The summed E-state index contributed by atoms with van der Waals surface area (Å²) in [5, 5.41) is 4.22. The quantitative estimate of drug-likeness (QED) is 0.870. The zero-order valence-corrected chi connectivity index (χ0v) is 14.0. The second kappa shape index (κ2) is 6.29. The highest BCUT2D eigenvalue weighted by Crippen LogP contribution is 2.46. The van der Waals surface area contributed by atoms with Gasteiger partial charge < -0.3 is 5.32 Å². The number of hydrogen-bond acceptors (Lipinski definition) is 5. The Bertz CT molecular complexity index is 499. The van der Waals surface area contributed by atoms with E-state index < -0.39 is 11.9 Å². The number of hydrogen-bond donors (Lipinski definition) is 1. The molecule has 0 aromatic carbocycles. The van der Waals surface area contributed by atoms with Crippen LogP contribution in [0.2, 0.25) is 0 Å². The van der Waals surface area contributed by atoms with Gasteiger partial charge in [0, 0.05) is 29.3 Å². The van der Waals surface area contributed by atoms with Crippen molar-refractivity contribution < 1.29 is 13.2 Å². The Hall–Kier alpha value is 0.0800. The molecule has 118 valence electrons. The summed E-state index contributed by atoms with van der Waals surface area (Å²) in [5.41, 5.74) is -0.681. The SMILES string of the molecule is CC1SCCSC1c1nc(C(F)(F)F)c(CNC2CC2)s1. The molecular formula is C13H17F3N2S3. The molecule has 2 nitrogen and oxygen atoms in total. The largest absolute Gasteiger partial charge is 0.434 e. The van der Waals surface area contributed by atoms with E-state index >= 15 is 0 Å². The van der Waals surface area contributed by atoms with Crippen molar-refractivity contribution in [3.63, 3.8) is 0 Å². The Morgan fingerprint density at radius 3 is 2.57 bits per heavy atom. The highest BCUT2D eigenvalue weighted by molar-refractivity contribution is 8.06. The molecule has 0 radical (unpaired) electrons. The van der Waals surface area contributed by atoms with E-state index in [1.807, 2.05) is 11.8 Å². The van der Waals surface area contributed by atoms with Crippen molar-refractivity contribution in [1.29, 1.82) is 0 Å². The van der Waals surface area contributed by atoms with Crippen LogP contribution in [0.15, 0.2) is 0 Å². The normalized spacial score (nSPS) is 27.0. The number of nitrogens with one attached hydrogen (secondary N) is 1. The van der Waals surface area contributed by atoms with E-state index in [4.69, 9.17) is 0 Å². The lowest BCUT2D eigenvalue weighted by Crippen LogP contribution is -2.18. The number of rotatable bonds is 4. The van der Waals surface area contributed by atoms with Crippen molar-refractivity contribution in [2.24, 2.45) is 0 Å². The molecular weight excluding hydrogens is 337 g/mol. The number of alkyl halides is 3. The monoisotopic (exact) mass is 354 g/mol. The summed E-state index contributed by atoms with van der Waals surface area (Å²) in [6.45, 7) is 2.37. The predicted octanol–water partition coefficient (Wildman–Crippen LogP) is 4.32. The number of aromatic nitrogens is 1. The average Bonchev–Trinajstić information content (AvgIpc) is 3.14. The van der Waals surface area contributed by atoms with Crippen LogP contribution in [0.25, 0.3) is 0 Å². The van der Waals surface area contributed by atoms with Crippen LogP contribution in [-0.4, -0.2) is 27.8 Å². The van der Waals surface area contributed by atoms with Crippen LogP contribution >= 0.6 is 34.9 Å². The molecule has 8 heteroatoms. The number of thioether (sulfide) groups is 2. The van der Waals surface area contributed by atoms with Crippen molar-refractivity contribution in [1.82, 2.24) is 10.3 Å². The van der Waals surface area contributed by atoms with Gasteiger partial charge in [-0.15, -0.1) is 23.1 Å². The molecule has 1 N–H and O–H groups in total. The van der Waals surface area contributed by atoms with Gasteiger partial charge in [-0.2, -0.15) is 24.9 Å². The molecule has 1 saturated carbocycles. The van der Waals surface area contributed by atoms with Crippen LogP contribution in [0.4, 0.5) is 13.2 Å². The van der Waals surface area contributed by atoms with E-state index in [2.05, 4.69) is 17.2 Å². The van der Waals surface area contributed by atoms with Crippen LogP contribution in [0, 0.1) is 0 Å². The highest BCUT2D eigenvalue weighted by atomic mass is 32.2. The fraction of sp³-hybridized carbons (Fsp3) is 0.769. The maximum atomic E-state index is 13.2. The van der Waals surface area contributed by atoms with Crippen LogP contribution in [0.1, 0.15) is 40.6 Å². The van der Waals surface area contributed by atoms with E-state index in [-0.39, 0.29) is 11.8 Å². The van der Waals surface area contributed by atoms with E-state index in [9.17, 15) is 13.2 Å². The van der Waals surface area contributed by atoms with E-state index in [0.29, 0.717) is 21.2 Å². The Kier molecular flexibility index (Phi) is 4.78. The Morgan fingerprint density at radius 1 is 1.24 bits per heavy atom. The first kappa shape index (κ1) is 16.0. The summed E-state index contributed by atoms with van der Waals surface area (Å²) < 4.78 is 39.5. The molecule has 3 rings (SSSR count). The molecule has 0 bridgehead atoms. The van der Waals surface area contributed by atoms with Gasteiger partial charge in [0.25, 0.3) is 0 Å². The van der Waals surface area contributed by atoms with Gasteiger partial charge in [0.05, 0.1) is 10.1 Å². The predicted molar refractivity (Wildman–Crippen MR) is 84.1 cm³/mol. The van der Waals surface area contributed by atoms with Crippen molar-refractivity contribution in [2.75, 3.05) is 11.5 Å². The van der Waals surface area contributed by atoms with Gasteiger partial charge in [0.2, 0.25) is 0 Å². The molecule has 1 aliphatic heterocycles. The zero-order chi connectivity index (χ0) is 15.0. The molecule has 2 heterocycles. The molecule has 1 aromatic rings. The van der Waals surface area contributed by atoms with Crippen molar-refractivity contribution in [3.8, 4) is 0 Å². The van der Waals surface area contributed by atoms with Gasteiger partial charge in [-0.3, -0.25) is 0 Å². The van der Waals surface area contributed by atoms with Gasteiger partial charge in [0.1, 0.15) is 5.01 Å². The third kappa shape index (κ3) is 3.89. The van der Waals surface area contributed by atoms with Crippen LogP contribution in [0.3, 0.4) is 0 Å². The summed E-state index contributed by atoms with van der Waals surface area (Å²) in [6.07, 6.45) is -2.22. The van der Waals surface area contributed by atoms with Crippen molar-refractivity contribution in [3.05, 3.63) is 15.6 Å². The molecule has 1 aliphatic carbocycles. The smallest absolute Gasteiger partial charge is 0.309 e. The highest BCUT2D eigenvalue weighted by Gasteiger charge is 2.39. The first-order valence-electron chi connectivity index (χ1n) is 6.98.